The van der Waals surface area contributed by atoms with Gasteiger partial charge in [-0.1, -0.05) is 66.8 Å². The van der Waals surface area contributed by atoms with Gasteiger partial charge in [0, 0.05) is 8.07 Å². The summed E-state index contributed by atoms with van der Waals surface area (Å²) in [6.45, 7) is 8.88. The molecule has 0 unspecified atom stereocenters. The van der Waals surface area contributed by atoms with Crippen LogP contribution in [0.1, 0.15) is 11.1 Å². The maximum Gasteiger partial charge on any atom is 0.151 e. The zero-order chi connectivity index (χ0) is 17.4. The molecule has 1 heterocycles. The van der Waals surface area contributed by atoms with Crippen LogP contribution >= 0.6 is 0 Å². The van der Waals surface area contributed by atoms with Gasteiger partial charge in [0.2, 0.25) is 0 Å². The summed E-state index contributed by atoms with van der Waals surface area (Å²) < 4.78 is 1.82. The Labute approximate surface area is 143 Å². The Hall–Kier alpha value is -2.27. The summed E-state index contributed by atoms with van der Waals surface area (Å²) in [6, 6.07) is 16.8. The molecule has 0 aliphatic carbocycles. The molecule has 5 heteroatoms. The molecule has 0 amide bonds. The van der Waals surface area contributed by atoms with E-state index in [9.17, 15) is 4.79 Å². The molecule has 0 saturated heterocycles. The molecule has 0 saturated carbocycles. The van der Waals surface area contributed by atoms with E-state index in [2.05, 4.69) is 49.0 Å². The molecule has 3 aromatic rings. The Morgan fingerprint density at radius 3 is 2.38 bits per heavy atom. The van der Waals surface area contributed by atoms with Crippen molar-refractivity contribution in [3.8, 4) is 0 Å². The Kier molecular flexibility index (Phi) is 4.13. The first kappa shape index (κ1) is 16.6. The van der Waals surface area contributed by atoms with Crippen LogP contribution in [0.5, 0.6) is 0 Å². The number of aldehydes is 1. The lowest BCUT2D eigenvalue weighted by molar-refractivity contribution is -0.113. The van der Waals surface area contributed by atoms with Crippen LogP contribution in [-0.4, -0.2) is 29.4 Å². The van der Waals surface area contributed by atoms with Crippen LogP contribution in [0.2, 0.25) is 25.7 Å². The minimum atomic E-state index is -1.57. The van der Waals surface area contributed by atoms with Crippen LogP contribution in [0.4, 0.5) is 0 Å². The van der Waals surface area contributed by atoms with Crippen molar-refractivity contribution in [3.05, 3.63) is 59.7 Å². The number of hydrogen-bond donors (Lipinski definition) is 0. The van der Waals surface area contributed by atoms with Crippen LogP contribution in [0.3, 0.4) is 0 Å². The Morgan fingerprint density at radius 2 is 1.75 bits per heavy atom. The molecule has 0 radical (unpaired) electrons. The minimum Gasteiger partial charge on any atom is -0.300 e. The van der Waals surface area contributed by atoms with Gasteiger partial charge in [-0.3, -0.25) is 0 Å². The second-order valence-electron chi connectivity index (χ2n) is 7.64. The van der Waals surface area contributed by atoms with Gasteiger partial charge >= 0.3 is 0 Å². The largest absolute Gasteiger partial charge is 0.300 e. The van der Waals surface area contributed by atoms with E-state index in [1.54, 1.807) is 0 Å². The number of para-hydroxylation sites is 1. The average molecular weight is 337 g/mol. The molecule has 0 N–H and O–H groups in total. The van der Waals surface area contributed by atoms with E-state index < -0.39 is 13.6 Å². The molecule has 24 heavy (non-hydrogen) atoms. The number of aryl methyl sites for hydroxylation is 1. The monoisotopic (exact) mass is 337 g/mol. The van der Waals surface area contributed by atoms with Gasteiger partial charge < -0.3 is 4.79 Å². The number of rotatable bonds is 5. The van der Waals surface area contributed by atoms with E-state index >= 15 is 0 Å². The maximum atomic E-state index is 12.5. The van der Waals surface area contributed by atoms with Gasteiger partial charge in [-0.05, 0) is 30.7 Å². The van der Waals surface area contributed by atoms with E-state index in [1.165, 1.54) is 5.56 Å². The average Bonchev–Trinajstić information content (AvgIpc) is 2.97. The number of nitrogens with zero attached hydrogens (tertiary/aromatic N) is 3. The van der Waals surface area contributed by atoms with Crippen LogP contribution < -0.4 is 0 Å². The van der Waals surface area contributed by atoms with Crippen molar-refractivity contribution in [2.75, 3.05) is 0 Å². The second kappa shape index (κ2) is 5.98. The lowest BCUT2D eigenvalue weighted by Gasteiger charge is -2.34. The molecular formula is C19H23N3OSi. The Morgan fingerprint density at radius 1 is 1.08 bits per heavy atom. The normalized spacial score (nSPS) is 14.5. The highest BCUT2D eigenvalue weighted by Gasteiger charge is 2.40. The summed E-state index contributed by atoms with van der Waals surface area (Å²) >= 11 is 0. The predicted octanol–water partition coefficient (Wildman–Crippen LogP) is 4.02. The number of carbonyl (C=O) groups excluding carboxylic acids is 1. The molecule has 0 aliphatic heterocycles. The number of hydrogen-bond acceptors (Lipinski definition) is 3. The second-order valence-corrected chi connectivity index (χ2v) is 13.1. The standard InChI is InChI=1S/C19H23N3OSi/c1-15-9-11-16(12-10-15)19(13-23,14-24(2,3)4)22-18-8-6-5-7-17(18)20-21-22/h5-13H,14H2,1-4H3/t19-/m1/s1. The van der Waals surface area contributed by atoms with Crippen molar-refractivity contribution in [3.63, 3.8) is 0 Å². The molecular weight excluding hydrogens is 314 g/mol. The third kappa shape index (κ3) is 2.91. The van der Waals surface area contributed by atoms with Crippen molar-refractivity contribution >= 4 is 25.4 Å². The zero-order valence-electron chi connectivity index (χ0n) is 14.7. The molecule has 0 bridgehead atoms. The fraction of sp³-hybridized carbons (Fsp3) is 0.316. The molecule has 0 fully saturated rings. The van der Waals surface area contributed by atoms with E-state index in [-0.39, 0.29) is 0 Å². The van der Waals surface area contributed by atoms with Gasteiger partial charge in [0.1, 0.15) is 11.1 Å². The fourth-order valence-corrected chi connectivity index (χ4v) is 5.33. The highest BCUT2D eigenvalue weighted by molar-refractivity contribution is 6.76. The molecule has 2 aromatic carbocycles. The van der Waals surface area contributed by atoms with Gasteiger partial charge in [0.25, 0.3) is 0 Å². The van der Waals surface area contributed by atoms with Gasteiger partial charge in [-0.2, -0.15) is 0 Å². The molecule has 0 aliphatic rings. The molecule has 0 spiro atoms. The highest BCUT2D eigenvalue weighted by atomic mass is 28.3. The molecule has 124 valence electrons. The number of aromatic nitrogens is 3. The van der Waals surface area contributed by atoms with Gasteiger partial charge in [-0.15, -0.1) is 5.10 Å². The van der Waals surface area contributed by atoms with Gasteiger partial charge in [-0.25, -0.2) is 4.68 Å². The summed E-state index contributed by atoms with van der Waals surface area (Å²) in [4.78, 5) is 12.5. The van der Waals surface area contributed by atoms with Crippen molar-refractivity contribution in [1.82, 2.24) is 15.0 Å². The SMILES string of the molecule is Cc1ccc([C@@](C=O)(C[Si](C)(C)C)n2nnc3ccccc32)cc1. The van der Waals surface area contributed by atoms with Crippen LogP contribution in [0.15, 0.2) is 48.5 Å². The lowest BCUT2D eigenvalue weighted by Crippen LogP contribution is -2.44. The molecule has 4 nitrogen and oxygen atoms in total. The third-order valence-electron chi connectivity index (χ3n) is 4.28. The summed E-state index contributed by atoms with van der Waals surface area (Å²) in [5.74, 6) is 0. The topological polar surface area (TPSA) is 47.8 Å². The van der Waals surface area contributed by atoms with Gasteiger partial charge in [0.05, 0.1) is 5.52 Å². The van der Waals surface area contributed by atoms with E-state index in [1.807, 2.05) is 41.1 Å². The van der Waals surface area contributed by atoms with Crippen LogP contribution in [0, 0.1) is 6.92 Å². The Balaban J connectivity index is 2.28. The van der Waals surface area contributed by atoms with Crippen molar-refractivity contribution in [1.29, 1.82) is 0 Å². The number of fused-ring (bicyclic) bond motifs is 1. The molecule has 1 aromatic heterocycles. The quantitative estimate of drug-likeness (QED) is 0.522. The van der Waals surface area contributed by atoms with E-state index in [0.29, 0.717) is 0 Å². The van der Waals surface area contributed by atoms with E-state index in [4.69, 9.17) is 0 Å². The number of benzene rings is 2. The summed E-state index contributed by atoms with van der Waals surface area (Å²) in [5, 5.41) is 8.65. The zero-order valence-corrected chi connectivity index (χ0v) is 15.7. The van der Waals surface area contributed by atoms with Crippen LogP contribution in [-0.2, 0) is 10.3 Å². The minimum absolute atomic E-state index is 0.778. The van der Waals surface area contributed by atoms with Crippen molar-refractivity contribution < 1.29 is 4.79 Å². The van der Waals surface area contributed by atoms with Crippen LogP contribution in [0.25, 0.3) is 11.0 Å². The first-order chi connectivity index (χ1) is 11.4. The van der Waals surface area contributed by atoms with Gasteiger partial charge in [0.15, 0.2) is 6.29 Å². The first-order valence-electron chi connectivity index (χ1n) is 8.20. The summed E-state index contributed by atoms with van der Waals surface area (Å²) in [7, 11) is -1.57. The molecule has 1 atom stereocenters. The van der Waals surface area contributed by atoms with E-state index in [0.717, 1.165) is 28.9 Å². The third-order valence-corrected chi connectivity index (χ3v) is 5.88. The summed E-state index contributed by atoms with van der Waals surface area (Å²) in [5.41, 5.74) is 3.04. The predicted molar refractivity (Wildman–Crippen MR) is 100 cm³/mol. The first-order valence-corrected chi connectivity index (χ1v) is 11.9. The van der Waals surface area contributed by atoms with Crippen molar-refractivity contribution in [2.24, 2.45) is 0 Å². The van der Waals surface area contributed by atoms with Crippen molar-refractivity contribution in [2.45, 2.75) is 38.1 Å². The fourth-order valence-electron chi connectivity index (χ4n) is 3.27. The Bertz CT molecular complexity index is 864. The smallest absolute Gasteiger partial charge is 0.151 e. The highest BCUT2D eigenvalue weighted by Crippen LogP contribution is 2.35. The molecule has 3 rings (SSSR count). The summed E-state index contributed by atoms with van der Waals surface area (Å²) in [6.07, 6.45) is 1.05. The maximum absolute atomic E-state index is 12.5. The number of carbonyl (C=O) groups is 1. The lowest BCUT2D eigenvalue weighted by atomic mass is 9.92.